The highest BCUT2D eigenvalue weighted by molar-refractivity contribution is 7.99. The van der Waals surface area contributed by atoms with Crippen LogP contribution >= 0.6 is 11.8 Å². The van der Waals surface area contributed by atoms with Crippen LogP contribution in [-0.4, -0.2) is 69.5 Å². The summed E-state index contributed by atoms with van der Waals surface area (Å²) in [6.45, 7) is 1.75. The van der Waals surface area contributed by atoms with Crippen molar-refractivity contribution in [2.45, 2.75) is 41.3 Å². The fourth-order valence-electron chi connectivity index (χ4n) is 5.42. The van der Waals surface area contributed by atoms with Crippen molar-refractivity contribution in [2.24, 2.45) is 7.05 Å². The van der Waals surface area contributed by atoms with E-state index in [1.165, 1.54) is 21.3 Å². The van der Waals surface area contributed by atoms with Crippen molar-refractivity contribution in [2.75, 3.05) is 5.75 Å². The second kappa shape index (κ2) is 13.2. The third-order valence-corrected chi connectivity index (χ3v) is 10.8. The second-order valence-electron chi connectivity index (χ2n) is 10.6. The molecular weight excluding hydrogens is 613 g/mol. The Hall–Kier alpha value is -4.62. The Morgan fingerprint density at radius 3 is 2.16 bits per heavy atom. The summed E-state index contributed by atoms with van der Waals surface area (Å²) in [5, 5.41) is 13.2. The molecule has 2 aliphatic heterocycles. The number of benzene rings is 3. The number of thioether (sulfide) groups is 1. The highest BCUT2D eigenvalue weighted by Crippen LogP contribution is 2.41. The van der Waals surface area contributed by atoms with E-state index < -0.39 is 45.4 Å². The van der Waals surface area contributed by atoms with Crippen molar-refractivity contribution < 1.29 is 23.3 Å². The summed E-state index contributed by atoms with van der Waals surface area (Å²) in [6.07, 6.45) is -0.698. The van der Waals surface area contributed by atoms with E-state index in [1.54, 1.807) is 14.0 Å². The number of hydrogen-bond acceptors (Lipinski definition) is 9. The Kier molecular flexibility index (Phi) is 8.90. The van der Waals surface area contributed by atoms with Crippen LogP contribution in [0.1, 0.15) is 29.7 Å². The summed E-state index contributed by atoms with van der Waals surface area (Å²) < 4.78 is 21.6. The summed E-state index contributed by atoms with van der Waals surface area (Å²) in [5.74, 6) is -1.43. The Morgan fingerprint density at radius 2 is 1.58 bits per heavy atom. The maximum absolute atomic E-state index is 14.2. The molecule has 0 radical (unpaired) electrons. The van der Waals surface area contributed by atoms with Gasteiger partial charge in [-0.05, 0) is 39.6 Å². The standard InChI is InChI=1S/C32H30N6O5S2/c1-20-24(19-44-32-34-35-36-37(32)2)27(31(41)43-28(22-14-8-4-9-15-22)23-16-10-5-11-17-23)38-29(40)26(30(38)45(20)42)33-25(39)18-21-12-6-3-7-13-21/h3-17,20,26,28,30H,18-19H2,1-2H3,(H,33,39)/t20-,26?,30+,45?/m1/s1. The Labute approximate surface area is 266 Å². The molecule has 1 aromatic heterocycles. The normalized spacial score (nSPS) is 20.9. The molecule has 2 amide bonds. The van der Waals surface area contributed by atoms with Gasteiger partial charge in [-0.15, -0.1) is 5.10 Å². The Morgan fingerprint density at radius 1 is 0.978 bits per heavy atom. The number of aryl methyl sites for hydroxylation is 1. The van der Waals surface area contributed by atoms with Crippen molar-refractivity contribution in [3.63, 3.8) is 0 Å². The molecule has 1 N–H and O–H groups in total. The lowest BCUT2D eigenvalue weighted by Crippen LogP contribution is -2.74. The molecule has 2 unspecified atom stereocenters. The van der Waals surface area contributed by atoms with Gasteiger partial charge < -0.3 is 10.1 Å². The lowest BCUT2D eigenvalue weighted by molar-refractivity contribution is -0.155. The third-order valence-electron chi connectivity index (χ3n) is 7.75. The molecule has 13 heteroatoms. The molecular formula is C32H30N6O5S2. The number of carbonyl (C=O) groups excluding carboxylic acids is 3. The van der Waals surface area contributed by atoms with E-state index in [9.17, 15) is 18.6 Å². The molecule has 0 spiro atoms. The van der Waals surface area contributed by atoms with Crippen LogP contribution in [0.3, 0.4) is 0 Å². The van der Waals surface area contributed by atoms with E-state index in [4.69, 9.17) is 4.74 Å². The average molecular weight is 643 g/mol. The van der Waals surface area contributed by atoms with Crippen LogP contribution in [0.5, 0.6) is 0 Å². The monoisotopic (exact) mass is 642 g/mol. The van der Waals surface area contributed by atoms with Gasteiger partial charge in [-0.3, -0.25) is 18.7 Å². The van der Waals surface area contributed by atoms with Crippen LogP contribution < -0.4 is 5.32 Å². The number of fused-ring (bicyclic) bond motifs is 1. The number of nitrogens with zero attached hydrogens (tertiary/aromatic N) is 5. The number of ether oxygens (including phenoxy) is 1. The summed E-state index contributed by atoms with van der Waals surface area (Å²) in [6, 6.07) is 26.8. The van der Waals surface area contributed by atoms with Gasteiger partial charge in [0.15, 0.2) is 6.10 Å². The van der Waals surface area contributed by atoms with Crippen LogP contribution in [-0.2, 0) is 43.4 Å². The number of tetrazole rings is 1. The first-order chi connectivity index (χ1) is 21.8. The minimum atomic E-state index is -1.64. The summed E-state index contributed by atoms with van der Waals surface area (Å²) >= 11 is 1.26. The van der Waals surface area contributed by atoms with E-state index in [0.29, 0.717) is 10.7 Å². The number of carbonyl (C=O) groups is 3. The minimum Gasteiger partial charge on any atom is -0.448 e. The van der Waals surface area contributed by atoms with Crippen LogP contribution in [0.15, 0.2) is 107 Å². The molecule has 230 valence electrons. The molecule has 4 aromatic rings. The Bertz CT molecular complexity index is 1730. The number of amides is 2. The van der Waals surface area contributed by atoms with Gasteiger partial charge in [0.1, 0.15) is 17.1 Å². The molecule has 0 bridgehead atoms. The number of nitrogens with one attached hydrogen (secondary N) is 1. The molecule has 2 aliphatic rings. The molecule has 11 nitrogen and oxygen atoms in total. The van der Waals surface area contributed by atoms with Crippen molar-refractivity contribution in [1.82, 2.24) is 30.4 Å². The van der Waals surface area contributed by atoms with Crippen molar-refractivity contribution >= 4 is 40.3 Å². The van der Waals surface area contributed by atoms with E-state index in [1.807, 2.05) is 91.0 Å². The molecule has 6 rings (SSSR count). The number of rotatable bonds is 10. The molecule has 1 fully saturated rings. The largest absolute Gasteiger partial charge is 0.448 e. The van der Waals surface area contributed by atoms with Gasteiger partial charge in [0, 0.05) is 12.8 Å². The molecule has 0 aliphatic carbocycles. The van der Waals surface area contributed by atoms with Gasteiger partial charge in [-0.1, -0.05) is 103 Å². The highest BCUT2D eigenvalue weighted by atomic mass is 32.2. The van der Waals surface area contributed by atoms with Crippen LogP contribution in [0.2, 0.25) is 0 Å². The number of esters is 1. The van der Waals surface area contributed by atoms with Crippen molar-refractivity contribution in [3.05, 3.63) is 119 Å². The number of hydrogen-bond donors (Lipinski definition) is 1. The first kappa shape index (κ1) is 30.4. The number of aromatic nitrogens is 4. The van der Waals surface area contributed by atoms with Gasteiger partial charge in [-0.2, -0.15) is 0 Å². The smallest absolute Gasteiger partial charge is 0.356 e. The van der Waals surface area contributed by atoms with Gasteiger partial charge in [0.25, 0.3) is 5.91 Å². The van der Waals surface area contributed by atoms with E-state index in [-0.39, 0.29) is 23.8 Å². The molecule has 1 saturated heterocycles. The molecule has 4 atom stereocenters. The SMILES string of the molecule is C[C@@H]1C(CSc2nnnn2C)=C(C(=O)OC(c2ccccc2)c2ccccc2)N2C(=O)C(NC(=O)Cc3ccccc3)[C@@H]2S1=O. The Balaban J connectivity index is 1.33. The molecule has 0 saturated carbocycles. The first-order valence-corrected chi connectivity index (χ1v) is 16.5. The van der Waals surface area contributed by atoms with Gasteiger partial charge in [0.2, 0.25) is 11.1 Å². The van der Waals surface area contributed by atoms with E-state index in [2.05, 4.69) is 20.8 Å². The van der Waals surface area contributed by atoms with Gasteiger partial charge >= 0.3 is 5.97 Å². The van der Waals surface area contributed by atoms with E-state index in [0.717, 1.165) is 16.7 Å². The quantitative estimate of drug-likeness (QED) is 0.157. The summed E-state index contributed by atoms with van der Waals surface area (Å²) in [5.41, 5.74) is 2.80. The highest BCUT2D eigenvalue weighted by Gasteiger charge is 2.59. The predicted octanol–water partition coefficient (Wildman–Crippen LogP) is 2.94. The summed E-state index contributed by atoms with van der Waals surface area (Å²) in [7, 11) is 0.0515. The van der Waals surface area contributed by atoms with E-state index >= 15 is 0 Å². The fourth-order valence-corrected chi connectivity index (χ4v) is 8.28. The summed E-state index contributed by atoms with van der Waals surface area (Å²) in [4.78, 5) is 42.1. The maximum Gasteiger partial charge on any atom is 0.356 e. The first-order valence-electron chi connectivity index (χ1n) is 14.3. The van der Waals surface area contributed by atoms with Crippen LogP contribution in [0, 0.1) is 0 Å². The average Bonchev–Trinajstić information content (AvgIpc) is 3.48. The zero-order chi connectivity index (χ0) is 31.5. The molecule has 3 aromatic carbocycles. The zero-order valence-corrected chi connectivity index (χ0v) is 26.1. The minimum absolute atomic E-state index is 0.0325. The maximum atomic E-state index is 14.2. The lowest BCUT2D eigenvalue weighted by Gasteiger charge is -2.51. The second-order valence-corrected chi connectivity index (χ2v) is 13.4. The van der Waals surface area contributed by atoms with Gasteiger partial charge in [0.05, 0.1) is 22.5 Å². The zero-order valence-electron chi connectivity index (χ0n) is 24.5. The third kappa shape index (κ3) is 6.18. The molecule has 45 heavy (non-hydrogen) atoms. The van der Waals surface area contributed by atoms with Crippen molar-refractivity contribution in [1.29, 1.82) is 0 Å². The van der Waals surface area contributed by atoms with Crippen LogP contribution in [0.4, 0.5) is 0 Å². The lowest BCUT2D eigenvalue weighted by atomic mass is 9.99. The van der Waals surface area contributed by atoms with Crippen molar-refractivity contribution in [3.8, 4) is 0 Å². The van der Waals surface area contributed by atoms with Gasteiger partial charge in [-0.25, -0.2) is 9.48 Å². The van der Waals surface area contributed by atoms with Crippen LogP contribution in [0.25, 0.3) is 0 Å². The topological polar surface area (TPSA) is 136 Å². The number of β-lactam (4-membered cyclic amide) rings is 1. The fraction of sp³-hybridized carbons (Fsp3) is 0.250. The predicted molar refractivity (Wildman–Crippen MR) is 168 cm³/mol. The molecule has 3 heterocycles.